The quantitative estimate of drug-likeness (QED) is 0.469. The Labute approximate surface area is 112 Å². The van der Waals surface area contributed by atoms with E-state index < -0.39 is 0 Å². The second kappa shape index (κ2) is 5.91. The number of hydrogen-bond donors (Lipinski definition) is 0. The van der Waals surface area contributed by atoms with E-state index in [0.29, 0.717) is 11.1 Å². The topological polar surface area (TPSA) is 34.1 Å². The molecule has 2 aromatic rings. The standard InChI is InChI=1S/C17H14O2/c1-13(19)17-10-8-15(9-11-17)3-2-14-4-6-16(12-18)7-5-14/h2-12H,1H3. The van der Waals surface area contributed by atoms with Crippen molar-refractivity contribution in [3.8, 4) is 0 Å². The van der Waals surface area contributed by atoms with Crippen LogP contribution in [0.5, 0.6) is 0 Å². The fourth-order valence-electron chi connectivity index (χ4n) is 1.71. The van der Waals surface area contributed by atoms with Crippen molar-refractivity contribution in [3.05, 3.63) is 70.8 Å². The van der Waals surface area contributed by atoms with E-state index in [2.05, 4.69) is 0 Å². The first kappa shape index (κ1) is 13.0. The third kappa shape index (κ3) is 3.49. The van der Waals surface area contributed by atoms with Gasteiger partial charge >= 0.3 is 0 Å². The van der Waals surface area contributed by atoms with Crippen molar-refractivity contribution in [2.24, 2.45) is 0 Å². The molecule has 0 aromatic heterocycles. The zero-order valence-electron chi connectivity index (χ0n) is 10.7. The molecule has 2 heteroatoms. The van der Waals surface area contributed by atoms with E-state index in [1.165, 1.54) is 0 Å². The molecule has 0 aliphatic heterocycles. The van der Waals surface area contributed by atoms with Crippen LogP contribution in [0, 0.1) is 0 Å². The van der Waals surface area contributed by atoms with Gasteiger partial charge in [0.05, 0.1) is 0 Å². The highest BCUT2D eigenvalue weighted by molar-refractivity contribution is 5.94. The fourth-order valence-corrected chi connectivity index (χ4v) is 1.71. The Balaban J connectivity index is 2.12. The molecule has 0 saturated heterocycles. The molecular weight excluding hydrogens is 236 g/mol. The number of carbonyl (C=O) groups is 2. The summed E-state index contributed by atoms with van der Waals surface area (Å²) in [6, 6.07) is 14.8. The van der Waals surface area contributed by atoms with E-state index in [1.54, 1.807) is 19.1 Å². The second-order valence-corrected chi connectivity index (χ2v) is 4.30. The lowest BCUT2D eigenvalue weighted by atomic mass is 10.1. The van der Waals surface area contributed by atoms with Crippen LogP contribution in [0.2, 0.25) is 0 Å². The number of aldehydes is 1. The summed E-state index contributed by atoms with van der Waals surface area (Å²) in [6.45, 7) is 1.55. The van der Waals surface area contributed by atoms with Crippen molar-refractivity contribution in [1.29, 1.82) is 0 Å². The number of ketones is 1. The Morgan fingerprint density at radius 2 is 1.21 bits per heavy atom. The Kier molecular flexibility index (Phi) is 4.04. The second-order valence-electron chi connectivity index (χ2n) is 4.30. The number of Topliss-reactive ketones (excluding diaryl/α,β-unsaturated/α-hetero) is 1. The van der Waals surface area contributed by atoms with E-state index in [-0.39, 0.29) is 5.78 Å². The molecule has 0 fully saturated rings. The van der Waals surface area contributed by atoms with Gasteiger partial charge in [0.1, 0.15) is 6.29 Å². The first-order valence-corrected chi connectivity index (χ1v) is 6.03. The van der Waals surface area contributed by atoms with Crippen molar-refractivity contribution in [3.63, 3.8) is 0 Å². The molecule has 94 valence electrons. The van der Waals surface area contributed by atoms with Crippen LogP contribution in [0.25, 0.3) is 12.2 Å². The SMILES string of the molecule is CC(=O)c1ccc(C=Cc2ccc(C=O)cc2)cc1. The Bertz CT molecular complexity index is 605. The molecule has 0 aliphatic rings. The number of carbonyl (C=O) groups excluding carboxylic acids is 2. The molecule has 19 heavy (non-hydrogen) atoms. The lowest BCUT2D eigenvalue weighted by Crippen LogP contribution is -1.90. The average molecular weight is 250 g/mol. The van der Waals surface area contributed by atoms with Crippen LogP contribution >= 0.6 is 0 Å². The summed E-state index contributed by atoms with van der Waals surface area (Å²) in [7, 11) is 0. The predicted molar refractivity (Wildman–Crippen MR) is 77.2 cm³/mol. The normalized spacial score (nSPS) is 10.6. The maximum atomic E-state index is 11.1. The first-order chi connectivity index (χ1) is 9.19. The van der Waals surface area contributed by atoms with Crippen LogP contribution in [0.15, 0.2) is 48.5 Å². The van der Waals surface area contributed by atoms with Gasteiger partial charge in [0.2, 0.25) is 0 Å². The van der Waals surface area contributed by atoms with Gasteiger partial charge in [-0.25, -0.2) is 0 Å². The van der Waals surface area contributed by atoms with E-state index in [9.17, 15) is 9.59 Å². The van der Waals surface area contributed by atoms with E-state index in [0.717, 1.165) is 17.4 Å². The Morgan fingerprint density at radius 3 is 1.63 bits per heavy atom. The van der Waals surface area contributed by atoms with Gasteiger partial charge in [-0.1, -0.05) is 60.7 Å². The Hall–Kier alpha value is -2.48. The average Bonchev–Trinajstić information content (AvgIpc) is 2.46. The van der Waals surface area contributed by atoms with Gasteiger partial charge in [-0.3, -0.25) is 9.59 Å². The lowest BCUT2D eigenvalue weighted by molar-refractivity contribution is 0.101. The zero-order chi connectivity index (χ0) is 13.7. The molecule has 2 rings (SSSR count). The summed E-state index contributed by atoms with van der Waals surface area (Å²) in [5.41, 5.74) is 3.45. The molecule has 0 aliphatic carbocycles. The molecule has 0 bridgehead atoms. The van der Waals surface area contributed by atoms with E-state index >= 15 is 0 Å². The summed E-state index contributed by atoms with van der Waals surface area (Å²) in [5, 5.41) is 0. The molecule has 0 amide bonds. The number of benzene rings is 2. The fraction of sp³-hybridized carbons (Fsp3) is 0.0588. The predicted octanol–water partition coefficient (Wildman–Crippen LogP) is 3.87. The third-order valence-electron chi connectivity index (χ3n) is 2.86. The first-order valence-electron chi connectivity index (χ1n) is 6.03. The van der Waals surface area contributed by atoms with Gasteiger partial charge in [-0.2, -0.15) is 0 Å². The maximum absolute atomic E-state index is 11.1. The van der Waals surface area contributed by atoms with Crippen LogP contribution in [0.1, 0.15) is 38.8 Å². The highest BCUT2D eigenvalue weighted by Gasteiger charge is 1.97. The molecule has 0 radical (unpaired) electrons. The molecule has 0 atom stereocenters. The van der Waals surface area contributed by atoms with E-state index in [4.69, 9.17) is 0 Å². The van der Waals surface area contributed by atoms with E-state index in [1.807, 2.05) is 48.6 Å². The van der Waals surface area contributed by atoms with Gasteiger partial charge in [-0.15, -0.1) is 0 Å². The summed E-state index contributed by atoms with van der Waals surface area (Å²) in [6.07, 6.45) is 4.77. The molecule has 0 spiro atoms. The van der Waals surface area contributed by atoms with Gasteiger partial charge < -0.3 is 0 Å². The van der Waals surface area contributed by atoms with Gasteiger partial charge in [0, 0.05) is 11.1 Å². The molecule has 0 N–H and O–H groups in total. The minimum absolute atomic E-state index is 0.0694. The highest BCUT2D eigenvalue weighted by atomic mass is 16.1. The lowest BCUT2D eigenvalue weighted by Gasteiger charge is -1.97. The van der Waals surface area contributed by atoms with Gasteiger partial charge in [-0.05, 0) is 18.1 Å². The summed E-state index contributed by atoms with van der Waals surface area (Å²) < 4.78 is 0. The van der Waals surface area contributed by atoms with Crippen molar-refractivity contribution in [2.45, 2.75) is 6.92 Å². The number of hydrogen-bond acceptors (Lipinski definition) is 2. The van der Waals surface area contributed by atoms with Crippen molar-refractivity contribution in [2.75, 3.05) is 0 Å². The molecule has 2 nitrogen and oxygen atoms in total. The van der Waals surface area contributed by atoms with Gasteiger partial charge in [0.25, 0.3) is 0 Å². The summed E-state index contributed by atoms with van der Waals surface area (Å²) in [4.78, 5) is 21.7. The minimum Gasteiger partial charge on any atom is -0.298 e. The summed E-state index contributed by atoms with van der Waals surface area (Å²) in [5.74, 6) is 0.0694. The van der Waals surface area contributed by atoms with Crippen LogP contribution in [0.4, 0.5) is 0 Å². The highest BCUT2D eigenvalue weighted by Crippen LogP contribution is 2.10. The summed E-state index contributed by atoms with van der Waals surface area (Å²) >= 11 is 0. The monoisotopic (exact) mass is 250 g/mol. The zero-order valence-corrected chi connectivity index (χ0v) is 10.7. The number of rotatable bonds is 4. The smallest absolute Gasteiger partial charge is 0.159 e. The van der Waals surface area contributed by atoms with Crippen molar-refractivity contribution < 1.29 is 9.59 Å². The molecular formula is C17H14O2. The van der Waals surface area contributed by atoms with Crippen molar-refractivity contribution in [1.82, 2.24) is 0 Å². The third-order valence-corrected chi connectivity index (χ3v) is 2.86. The van der Waals surface area contributed by atoms with Crippen LogP contribution in [0.3, 0.4) is 0 Å². The maximum Gasteiger partial charge on any atom is 0.159 e. The Morgan fingerprint density at radius 1 is 0.789 bits per heavy atom. The molecule has 0 heterocycles. The largest absolute Gasteiger partial charge is 0.298 e. The van der Waals surface area contributed by atoms with Gasteiger partial charge in [0.15, 0.2) is 5.78 Å². The molecule has 2 aromatic carbocycles. The van der Waals surface area contributed by atoms with Crippen LogP contribution in [-0.2, 0) is 0 Å². The molecule has 0 unspecified atom stereocenters. The van der Waals surface area contributed by atoms with Crippen LogP contribution < -0.4 is 0 Å². The minimum atomic E-state index is 0.0694. The van der Waals surface area contributed by atoms with Crippen LogP contribution in [-0.4, -0.2) is 12.1 Å². The van der Waals surface area contributed by atoms with Crippen molar-refractivity contribution >= 4 is 24.2 Å². The molecule has 0 saturated carbocycles.